The SMILES string of the molecule is O=C(c1cc2cc(OCCCN3CCCCC3)cnc2[nH]1)N1CCCC1. The summed E-state index contributed by atoms with van der Waals surface area (Å²) in [5, 5.41) is 0.932. The minimum Gasteiger partial charge on any atom is -0.492 e. The molecule has 1 N–H and O–H groups in total. The number of rotatable bonds is 6. The number of hydrogen-bond donors (Lipinski definition) is 1. The van der Waals surface area contributed by atoms with Gasteiger partial charge in [-0.25, -0.2) is 4.98 Å². The number of likely N-dealkylation sites (tertiary alicyclic amines) is 2. The van der Waals surface area contributed by atoms with Crippen molar-refractivity contribution in [3.05, 3.63) is 24.0 Å². The Balaban J connectivity index is 1.32. The molecule has 0 spiro atoms. The largest absolute Gasteiger partial charge is 0.492 e. The maximum Gasteiger partial charge on any atom is 0.270 e. The number of aromatic nitrogens is 2. The molecule has 2 aliphatic rings. The number of amides is 1. The molecule has 0 saturated carbocycles. The Morgan fingerprint density at radius 2 is 1.85 bits per heavy atom. The average Bonchev–Trinajstić information content (AvgIpc) is 3.35. The molecule has 0 bridgehead atoms. The van der Waals surface area contributed by atoms with Gasteiger partial charge in [0, 0.05) is 25.0 Å². The number of hydrogen-bond acceptors (Lipinski definition) is 4. The predicted octanol–water partition coefficient (Wildman–Crippen LogP) is 3.05. The lowest BCUT2D eigenvalue weighted by atomic mass is 10.1. The van der Waals surface area contributed by atoms with Crippen molar-refractivity contribution >= 4 is 16.9 Å². The summed E-state index contributed by atoms with van der Waals surface area (Å²) in [5.41, 5.74) is 1.37. The summed E-state index contributed by atoms with van der Waals surface area (Å²) >= 11 is 0. The number of carbonyl (C=O) groups is 1. The van der Waals surface area contributed by atoms with Crippen LogP contribution in [-0.4, -0.2) is 65.0 Å². The highest BCUT2D eigenvalue weighted by atomic mass is 16.5. The van der Waals surface area contributed by atoms with E-state index in [9.17, 15) is 4.79 Å². The molecular weight excluding hydrogens is 328 g/mol. The molecular formula is C20H28N4O2. The van der Waals surface area contributed by atoms with Gasteiger partial charge in [0.05, 0.1) is 12.8 Å². The monoisotopic (exact) mass is 356 g/mol. The third kappa shape index (κ3) is 4.01. The summed E-state index contributed by atoms with van der Waals surface area (Å²) in [6.07, 6.45) is 8.99. The molecule has 0 unspecified atom stereocenters. The first-order valence-corrected chi connectivity index (χ1v) is 9.93. The number of nitrogens with one attached hydrogen (secondary N) is 1. The van der Waals surface area contributed by atoms with E-state index in [1.165, 1.54) is 32.4 Å². The zero-order chi connectivity index (χ0) is 17.8. The van der Waals surface area contributed by atoms with Gasteiger partial charge in [-0.1, -0.05) is 6.42 Å². The first-order chi connectivity index (χ1) is 12.8. The van der Waals surface area contributed by atoms with E-state index in [1.54, 1.807) is 6.20 Å². The van der Waals surface area contributed by atoms with Gasteiger partial charge in [-0.05, 0) is 57.3 Å². The maximum atomic E-state index is 12.5. The number of H-pyrrole nitrogens is 1. The lowest BCUT2D eigenvalue weighted by Gasteiger charge is -2.26. The number of nitrogens with zero attached hydrogens (tertiary/aromatic N) is 3. The molecule has 6 nitrogen and oxygen atoms in total. The van der Waals surface area contributed by atoms with Crippen molar-refractivity contribution in [3.63, 3.8) is 0 Å². The van der Waals surface area contributed by atoms with Gasteiger partial charge in [0.2, 0.25) is 0 Å². The highest BCUT2D eigenvalue weighted by Crippen LogP contribution is 2.21. The standard InChI is InChI=1S/C20H28N4O2/c25-20(24-10-4-5-11-24)18-14-16-13-17(15-21-19(16)22-18)26-12-6-9-23-7-2-1-3-8-23/h13-15H,1-12H2,(H,21,22). The van der Waals surface area contributed by atoms with Crippen LogP contribution in [0.15, 0.2) is 18.3 Å². The molecule has 4 heterocycles. The summed E-state index contributed by atoms with van der Waals surface area (Å²) in [7, 11) is 0. The quantitative estimate of drug-likeness (QED) is 0.808. The van der Waals surface area contributed by atoms with Crippen molar-refractivity contribution in [2.45, 2.75) is 38.5 Å². The molecule has 2 aromatic heterocycles. The fourth-order valence-electron chi connectivity index (χ4n) is 3.94. The molecule has 2 aromatic rings. The zero-order valence-electron chi connectivity index (χ0n) is 15.4. The van der Waals surface area contributed by atoms with E-state index in [-0.39, 0.29) is 5.91 Å². The molecule has 2 aliphatic heterocycles. The van der Waals surface area contributed by atoms with E-state index >= 15 is 0 Å². The predicted molar refractivity (Wildman–Crippen MR) is 102 cm³/mol. The second-order valence-corrected chi connectivity index (χ2v) is 7.40. The molecule has 2 saturated heterocycles. The lowest BCUT2D eigenvalue weighted by molar-refractivity contribution is 0.0788. The Labute approximate surface area is 154 Å². The highest BCUT2D eigenvalue weighted by molar-refractivity contribution is 5.97. The van der Waals surface area contributed by atoms with Crippen molar-refractivity contribution in [1.82, 2.24) is 19.8 Å². The van der Waals surface area contributed by atoms with Gasteiger partial charge in [-0.3, -0.25) is 4.79 Å². The number of piperidine rings is 1. The van der Waals surface area contributed by atoms with E-state index in [0.717, 1.165) is 55.7 Å². The normalized spacial score (nSPS) is 18.5. The Hall–Kier alpha value is -2.08. The number of carbonyl (C=O) groups excluding carboxylic acids is 1. The van der Waals surface area contributed by atoms with Gasteiger partial charge in [-0.2, -0.15) is 0 Å². The van der Waals surface area contributed by atoms with Gasteiger partial charge in [-0.15, -0.1) is 0 Å². The minimum absolute atomic E-state index is 0.0736. The van der Waals surface area contributed by atoms with Crippen LogP contribution in [0.4, 0.5) is 0 Å². The highest BCUT2D eigenvalue weighted by Gasteiger charge is 2.21. The van der Waals surface area contributed by atoms with E-state index in [2.05, 4.69) is 14.9 Å². The van der Waals surface area contributed by atoms with E-state index in [4.69, 9.17) is 4.74 Å². The first kappa shape index (κ1) is 17.3. The van der Waals surface area contributed by atoms with Crippen LogP contribution in [0.25, 0.3) is 11.0 Å². The number of fused-ring (bicyclic) bond motifs is 1. The number of ether oxygens (including phenoxy) is 1. The van der Waals surface area contributed by atoms with Crippen LogP contribution in [0.2, 0.25) is 0 Å². The molecule has 1 amide bonds. The molecule has 2 fully saturated rings. The second kappa shape index (κ2) is 8.08. The zero-order valence-corrected chi connectivity index (χ0v) is 15.4. The first-order valence-electron chi connectivity index (χ1n) is 9.93. The van der Waals surface area contributed by atoms with E-state index in [1.807, 2.05) is 17.0 Å². The Bertz CT molecular complexity index is 745. The summed E-state index contributed by atoms with van der Waals surface area (Å²) in [6.45, 7) is 5.97. The van der Waals surface area contributed by atoms with Crippen molar-refractivity contribution in [2.24, 2.45) is 0 Å². The van der Waals surface area contributed by atoms with E-state index in [0.29, 0.717) is 12.3 Å². The Kier molecular flexibility index (Phi) is 5.39. The number of aromatic amines is 1. The van der Waals surface area contributed by atoms with Crippen LogP contribution in [0, 0.1) is 0 Å². The molecule has 4 rings (SSSR count). The topological polar surface area (TPSA) is 61.5 Å². The van der Waals surface area contributed by atoms with Gasteiger partial charge in [0.25, 0.3) is 5.91 Å². The summed E-state index contributed by atoms with van der Waals surface area (Å²) in [4.78, 5) is 24.5. The van der Waals surface area contributed by atoms with Gasteiger partial charge < -0.3 is 19.5 Å². The molecule has 0 atom stereocenters. The van der Waals surface area contributed by atoms with Gasteiger partial charge in [0.15, 0.2) is 0 Å². The van der Waals surface area contributed by atoms with Crippen LogP contribution in [0.3, 0.4) is 0 Å². The van der Waals surface area contributed by atoms with Gasteiger partial charge in [0.1, 0.15) is 17.1 Å². The van der Waals surface area contributed by atoms with Crippen molar-refractivity contribution in [3.8, 4) is 5.75 Å². The number of pyridine rings is 1. The van der Waals surface area contributed by atoms with Crippen molar-refractivity contribution < 1.29 is 9.53 Å². The molecule has 0 radical (unpaired) electrons. The van der Waals surface area contributed by atoms with Crippen molar-refractivity contribution in [1.29, 1.82) is 0 Å². The summed E-state index contributed by atoms with van der Waals surface area (Å²) in [5.74, 6) is 0.847. The minimum atomic E-state index is 0.0736. The fourth-order valence-corrected chi connectivity index (χ4v) is 3.94. The average molecular weight is 356 g/mol. The van der Waals surface area contributed by atoms with E-state index < -0.39 is 0 Å². The molecule has 0 aromatic carbocycles. The molecule has 0 aliphatic carbocycles. The third-order valence-electron chi connectivity index (χ3n) is 5.40. The molecule has 6 heteroatoms. The summed E-state index contributed by atoms with van der Waals surface area (Å²) in [6, 6.07) is 3.87. The van der Waals surface area contributed by atoms with Crippen LogP contribution < -0.4 is 4.74 Å². The molecule has 26 heavy (non-hydrogen) atoms. The van der Waals surface area contributed by atoms with Crippen LogP contribution in [0.1, 0.15) is 49.0 Å². The van der Waals surface area contributed by atoms with Crippen molar-refractivity contribution in [2.75, 3.05) is 39.3 Å². The third-order valence-corrected chi connectivity index (χ3v) is 5.40. The fraction of sp³-hybridized carbons (Fsp3) is 0.600. The maximum absolute atomic E-state index is 12.5. The van der Waals surface area contributed by atoms with Crippen LogP contribution >= 0.6 is 0 Å². The summed E-state index contributed by atoms with van der Waals surface area (Å²) < 4.78 is 5.88. The smallest absolute Gasteiger partial charge is 0.270 e. The van der Waals surface area contributed by atoms with Crippen LogP contribution in [0.5, 0.6) is 5.75 Å². The Morgan fingerprint density at radius 3 is 2.65 bits per heavy atom. The molecule has 140 valence electrons. The van der Waals surface area contributed by atoms with Gasteiger partial charge >= 0.3 is 0 Å². The lowest BCUT2D eigenvalue weighted by Crippen LogP contribution is -2.31. The van der Waals surface area contributed by atoms with Crippen LogP contribution in [-0.2, 0) is 0 Å². The second-order valence-electron chi connectivity index (χ2n) is 7.40. The Morgan fingerprint density at radius 1 is 1.08 bits per heavy atom.